The normalized spacial score (nSPS) is 11.0. The maximum atomic E-state index is 12.1. The van der Waals surface area contributed by atoms with Gasteiger partial charge in [0.05, 0.1) is 4.92 Å². The first-order chi connectivity index (χ1) is 11.7. The standard InChI is InChI=1S/C16H13F3N2O4/c17-16(18,19)25-14-7-1-11(2-8-14)9-10-20-15(22)12-3-5-13(6-4-12)21(23)24/h1-8H,9-10H2,(H,20,22). The van der Waals surface area contributed by atoms with Gasteiger partial charge in [0.15, 0.2) is 0 Å². The van der Waals surface area contributed by atoms with Crippen LogP contribution in [0.2, 0.25) is 0 Å². The molecule has 0 radical (unpaired) electrons. The van der Waals surface area contributed by atoms with Gasteiger partial charge in [-0.1, -0.05) is 12.1 Å². The number of rotatable bonds is 6. The van der Waals surface area contributed by atoms with E-state index >= 15 is 0 Å². The molecule has 2 rings (SSSR count). The van der Waals surface area contributed by atoms with Crippen LogP contribution >= 0.6 is 0 Å². The largest absolute Gasteiger partial charge is 0.573 e. The fraction of sp³-hybridized carbons (Fsp3) is 0.188. The molecule has 0 aliphatic rings. The van der Waals surface area contributed by atoms with Crippen LogP contribution in [0, 0.1) is 10.1 Å². The minimum atomic E-state index is -4.74. The highest BCUT2D eigenvalue weighted by atomic mass is 19.4. The van der Waals surface area contributed by atoms with Crippen molar-refractivity contribution in [2.45, 2.75) is 12.8 Å². The van der Waals surface area contributed by atoms with Gasteiger partial charge in [0.2, 0.25) is 0 Å². The lowest BCUT2D eigenvalue weighted by Gasteiger charge is -2.09. The van der Waals surface area contributed by atoms with Gasteiger partial charge in [-0.2, -0.15) is 0 Å². The molecular weight excluding hydrogens is 341 g/mol. The van der Waals surface area contributed by atoms with E-state index in [9.17, 15) is 28.1 Å². The average molecular weight is 354 g/mol. The number of halogens is 3. The quantitative estimate of drug-likeness (QED) is 0.636. The van der Waals surface area contributed by atoms with E-state index in [1.54, 1.807) is 0 Å². The monoisotopic (exact) mass is 354 g/mol. The molecule has 0 atom stereocenters. The molecule has 25 heavy (non-hydrogen) atoms. The molecule has 0 saturated carbocycles. The zero-order valence-electron chi connectivity index (χ0n) is 12.7. The Balaban J connectivity index is 1.83. The van der Waals surface area contributed by atoms with E-state index in [1.165, 1.54) is 48.5 Å². The summed E-state index contributed by atoms with van der Waals surface area (Å²) in [4.78, 5) is 21.9. The Labute approximate surface area is 140 Å². The van der Waals surface area contributed by atoms with Crippen molar-refractivity contribution in [2.24, 2.45) is 0 Å². The summed E-state index contributed by atoms with van der Waals surface area (Å²) in [5.74, 6) is -0.710. The third-order valence-corrected chi connectivity index (χ3v) is 3.20. The fourth-order valence-corrected chi connectivity index (χ4v) is 2.01. The summed E-state index contributed by atoms with van der Waals surface area (Å²) >= 11 is 0. The molecule has 6 nitrogen and oxygen atoms in total. The van der Waals surface area contributed by atoms with Crippen molar-refractivity contribution in [3.05, 3.63) is 69.8 Å². The van der Waals surface area contributed by atoms with Gasteiger partial charge in [0.25, 0.3) is 11.6 Å². The Bertz CT molecular complexity index is 743. The lowest BCUT2D eigenvalue weighted by atomic mass is 10.1. The van der Waals surface area contributed by atoms with Crippen LogP contribution in [0.3, 0.4) is 0 Å². The predicted molar refractivity (Wildman–Crippen MR) is 82.3 cm³/mol. The Morgan fingerprint density at radius 3 is 2.20 bits per heavy atom. The van der Waals surface area contributed by atoms with Crippen molar-refractivity contribution in [1.29, 1.82) is 0 Å². The number of nitro benzene ring substituents is 1. The minimum absolute atomic E-state index is 0.113. The fourth-order valence-electron chi connectivity index (χ4n) is 2.01. The number of ether oxygens (including phenoxy) is 1. The van der Waals surface area contributed by atoms with E-state index < -0.39 is 17.2 Å². The van der Waals surface area contributed by atoms with Crippen molar-refractivity contribution in [1.82, 2.24) is 5.32 Å². The number of amides is 1. The molecule has 0 unspecified atom stereocenters. The second kappa shape index (κ2) is 7.65. The molecule has 0 spiro atoms. The van der Waals surface area contributed by atoms with E-state index in [0.717, 1.165) is 5.56 Å². The molecule has 2 aromatic carbocycles. The molecule has 0 aliphatic carbocycles. The van der Waals surface area contributed by atoms with E-state index in [-0.39, 0.29) is 23.5 Å². The maximum Gasteiger partial charge on any atom is 0.573 e. The van der Waals surface area contributed by atoms with E-state index in [4.69, 9.17) is 0 Å². The van der Waals surface area contributed by atoms with Crippen molar-refractivity contribution in [3.8, 4) is 5.75 Å². The van der Waals surface area contributed by atoms with Crippen LogP contribution in [0.1, 0.15) is 15.9 Å². The second-order valence-corrected chi connectivity index (χ2v) is 5.00. The number of alkyl halides is 3. The van der Waals surface area contributed by atoms with Crippen molar-refractivity contribution in [2.75, 3.05) is 6.54 Å². The Morgan fingerprint density at radius 1 is 1.08 bits per heavy atom. The summed E-state index contributed by atoms with van der Waals surface area (Å²) in [7, 11) is 0. The van der Waals surface area contributed by atoms with Gasteiger partial charge in [-0.05, 0) is 36.2 Å². The van der Waals surface area contributed by atoms with Crippen molar-refractivity contribution < 1.29 is 27.6 Å². The number of hydrogen-bond acceptors (Lipinski definition) is 4. The lowest BCUT2D eigenvalue weighted by Crippen LogP contribution is -2.25. The molecule has 1 amide bonds. The van der Waals surface area contributed by atoms with E-state index in [1.807, 2.05) is 0 Å². The van der Waals surface area contributed by atoms with Crippen LogP contribution in [-0.2, 0) is 6.42 Å². The topological polar surface area (TPSA) is 81.5 Å². The second-order valence-electron chi connectivity index (χ2n) is 5.00. The first kappa shape index (κ1) is 18.2. The molecule has 0 aliphatic heterocycles. The van der Waals surface area contributed by atoms with Crippen LogP contribution in [0.5, 0.6) is 5.75 Å². The van der Waals surface area contributed by atoms with Crippen molar-refractivity contribution >= 4 is 11.6 Å². The van der Waals surface area contributed by atoms with E-state index in [2.05, 4.69) is 10.1 Å². The maximum absolute atomic E-state index is 12.1. The highest BCUT2D eigenvalue weighted by molar-refractivity contribution is 5.94. The summed E-state index contributed by atoms with van der Waals surface area (Å²) in [5.41, 5.74) is 0.885. The molecule has 0 aromatic heterocycles. The Kier molecular flexibility index (Phi) is 5.58. The third-order valence-electron chi connectivity index (χ3n) is 3.20. The van der Waals surface area contributed by atoms with Crippen LogP contribution in [0.25, 0.3) is 0 Å². The zero-order valence-corrected chi connectivity index (χ0v) is 12.7. The highest BCUT2D eigenvalue weighted by Crippen LogP contribution is 2.22. The number of nitrogens with one attached hydrogen (secondary N) is 1. The van der Waals surface area contributed by atoms with Crippen molar-refractivity contribution in [3.63, 3.8) is 0 Å². The molecule has 0 heterocycles. The molecule has 9 heteroatoms. The first-order valence-corrected chi connectivity index (χ1v) is 7.12. The molecular formula is C16H13F3N2O4. The van der Waals surface area contributed by atoms with Gasteiger partial charge in [-0.3, -0.25) is 14.9 Å². The lowest BCUT2D eigenvalue weighted by molar-refractivity contribution is -0.384. The predicted octanol–water partition coefficient (Wildman–Crippen LogP) is 3.47. The first-order valence-electron chi connectivity index (χ1n) is 7.12. The van der Waals surface area contributed by atoms with Gasteiger partial charge in [-0.15, -0.1) is 13.2 Å². The Hall–Kier alpha value is -3.10. The number of hydrogen-bond donors (Lipinski definition) is 1. The van der Waals surface area contributed by atoms with Crippen LogP contribution in [0.15, 0.2) is 48.5 Å². The summed E-state index contributed by atoms with van der Waals surface area (Å²) in [6.07, 6.45) is -4.33. The Morgan fingerprint density at radius 2 is 1.68 bits per heavy atom. The van der Waals surface area contributed by atoms with Gasteiger partial charge < -0.3 is 10.1 Å². The highest BCUT2D eigenvalue weighted by Gasteiger charge is 2.30. The molecule has 1 N–H and O–H groups in total. The number of non-ortho nitro benzene ring substituents is 1. The number of carbonyl (C=O) groups excluding carboxylic acids is 1. The van der Waals surface area contributed by atoms with Gasteiger partial charge in [0.1, 0.15) is 5.75 Å². The third kappa shape index (κ3) is 5.79. The van der Waals surface area contributed by atoms with Gasteiger partial charge >= 0.3 is 6.36 Å². The average Bonchev–Trinajstić information content (AvgIpc) is 2.55. The summed E-state index contributed by atoms with van der Waals surface area (Å²) in [6, 6.07) is 10.5. The molecule has 132 valence electrons. The van der Waals surface area contributed by atoms with Gasteiger partial charge in [0, 0.05) is 24.2 Å². The van der Waals surface area contributed by atoms with Crippen LogP contribution < -0.4 is 10.1 Å². The summed E-state index contributed by atoms with van der Waals surface area (Å²) in [5, 5.41) is 13.2. The number of carbonyl (C=O) groups is 1. The number of nitro groups is 1. The smallest absolute Gasteiger partial charge is 0.406 e. The minimum Gasteiger partial charge on any atom is -0.406 e. The number of nitrogens with zero attached hydrogens (tertiary/aromatic N) is 1. The summed E-state index contributed by atoms with van der Waals surface area (Å²) in [6.45, 7) is 0.259. The van der Waals surface area contributed by atoms with Crippen LogP contribution in [0.4, 0.5) is 18.9 Å². The van der Waals surface area contributed by atoms with E-state index in [0.29, 0.717) is 6.42 Å². The molecule has 0 saturated heterocycles. The summed E-state index contributed by atoms with van der Waals surface area (Å²) < 4.78 is 39.9. The molecule has 2 aromatic rings. The molecule has 0 bridgehead atoms. The SMILES string of the molecule is O=C(NCCc1ccc(OC(F)(F)F)cc1)c1ccc([N+](=O)[O-])cc1. The molecule has 0 fully saturated rings. The number of benzene rings is 2. The zero-order chi connectivity index (χ0) is 18.4. The van der Waals surface area contributed by atoms with Crippen LogP contribution in [-0.4, -0.2) is 23.7 Å². The van der Waals surface area contributed by atoms with Gasteiger partial charge in [-0.25, -0.2) is 0 Å².